The van der Waals surface area contributed by atoms with Crippen LogP contribution in [0.25, 0.3) is 5.65 Å². The second kappa shape index (κ2) is 9.06. The van der Waals surface area contributed by atoms with Crippen molar-refractivity contribution in [2.24, 2.45) is 0 Å². The molecule has 0 fully saturated rings. The van der Waals surface area contributed by atoms with Crippen molar-refractivity contribution in [3.63, 3.8) is 0 Å². The summed E-state index contributed by atoms with van der Waals surface area (Å²) in [5.74, 6) is 0.518. The Morgan fingerprint density at radius 3 is 2.81 bits per heavy atom. The van der Waals surface area contributed by atoms with Crippen LogP contribution in [0, 0.1) is 6.92 Å². The predicted molar refractivity (Wildman–Crippen MR) is 107 cm³/mol. The highest BCUT2D eigenvalue weighted by Gasteiger charge is 2.08. The van der Waals surface area contributed by atoms with E-state index in [1.807, 2.05) is 37.3 Å². The number of hydrogen-bond donors (Lipinski definition) is 0. The van der Waals surface area contributed by atoms with Crippen molar-refractivity contribution in [3.05, 3.63) is 75.3 Å². The molecule has 3 aromatic rings. The van der Waals surface area contributed by atoms with Gasteiger partial charge in [0.15, 0.2) is 0 Å². The van der Waals surface area contributed by atoms with Crippen molar-refractivity contribution in [2.45, 2.75) is 31.3 Å². The molecule has 0 saturated heterocycles. The molecule has 140 valence electrons. The van der Waals surface area contributed by atoms with Crippen LogP contribution in [-0.4, -0.2) is 21.1 Å². The van der Waals surface area contributed by atoms with Crippen molar-refractivity contribution in [1.29, 1.82) is 0 Å². The van der Waals surface area contributed by atoms with Gasteiger partial charge in [-0.2, -0.15) is 0 Å². The minimum atomic E-state index is -0.293. The van der Waals surface area contributed by atoms with Gasteiger partial charge in [-0.05, 0) is 55.0 Å². The van der Waals surface area contributed by atoms with Crippen LogP contribution in [0.5, 0.6) is 0 Å². The molecule has 0 N–H and O–H groups in total. The highest BCUT2D eigenvalue weighted by Crippen LogP contribution is 2.21. The van der Waals surface area contributed by atoms with E-state index in [2.05, 4.69) is 4.98 Å². The lowest BCUT2D eigenvalue weighted by molar-refractivity contribution is -0.145. The molecule has 1 aromatic carbocycles. The highest BCUT2D eigenvalue weighted by atomic mass is 35.5. The number of pyridine rings is 1. The van der Waals surface area contributed by atoms with Crippen molar-refractivity contribution < 1.29 is 9.53 Å². The SMILES string of the molecule is Cc1cccn2c(=O)cc(COC(=O)CCCSc3ccc(Cl)cc3)nc12. The van der Waals surface area contributed by atoms with E-state index in [1.54, 1.807) is 24.0 Å². The van der Waals surface area contributed by atoms with Crippen LogP contribution in [0.2, 0.25) is 5.02 Å². The number of ether oxygens (including phenoxy) is 1. The van der Waals surface area contributed by atoms with Gasteiger partial charge in [-0.1, -0.05) is 17.7 Å². The van der Waals surface area contributed by atoms with Crippen LogP contribution in [-0.2, 0) is 16.1 Å². The summed E-state index contributed by atoms with van der Waals surface area (Å²) in [5.41, 5.74) is 1.74. The van der Waals surface area contributed by atoms with Crippen LogP contribution in [0.15, 0.2) is 58.4 Å². The number of nitrogens with zero attached hydrogens (tertiary/aromatic N) is 2. The lowest BCUT2D eigenvalue weighted by Gasteiger charge is -2.07. The molecule has 2 aromatic heterocycles. The Labute approximate surface area is 166 Å². The molecule has 2 heterocycles. The molecule has 5 nitrogen and oxygen atoms in total. The number of hydrogen-bond acceptors (Lipinski definition) is 5. The van der Waals surface area contributed by atoms with Crippen LogP contribution in [0.4, 0.5) is 0 Å². The number of carbonyl (C=O) groups is 1. The van der Waals surface area contributed by atoms with Crippen molar-refractivity contribution in [1.82, 2.24) is 9.38 Å². The summed E-state index contributed by atoms with van der Waals surface area (Å²) in [6, 6.07) is 12.7. The maximum absolute atomic E-state index is 12.1. The molecule has 0 radical (unpaired) electrons. The van der Waals surface area contributed by atoms with Gasteiger partial charge in [0.2, 0.25) is 0 Å². The van der Waals surface area contributed by atoms with Gasteiger partial charge in [-0.15, -0.1) is 11.8 Å². The van der Waals surface area contributed by atoms with E-state index in [0.717, 1.165) is 16.2 Å². The third-order valence-corrected chi connectivity index (χ3v) is 5.28. The van der Waals surface area contributed by atoms with Crippen LogP contribution in [0.1, 0.15) is 24.1 Å². The molecule has 7 heteroatoms. The van der Waals surface area contributed by atoms with Gasteiger partial charge in [-0.3, -0.25) is 14.0 Å². The number of esters is 1. The van der Waals surface area contributed by atoms with Crippen LogP contribution in [0.3, 0.4) is 0 Å². The Kier molecular flexibility index (Phi) is 6.53. The van der Waals surface area contributed by atoms with Gasteiger partial charge < -0.3 is 4.74 Å². The summed E-state index contributed by atoms with van der Waals surface area (Å²) < 4.78 is 6.74. The predicted octanol–water partition coefficient (Wildman–Crippen LogP) is 4.27. The summed E-state index contributed by atoms with van der Waals surface area (Å²) in [5, 5.41) is 0.708. The smallest absolute Gasteiger partial charge is 0.306 e. The Hall–Kier alpha value is -2.31. The largest absolute Gasteiger partial charge is 0.459 e. The molecule has 0 amide bonds. The molecule has 0 aliphatic carbocycles. The zero-order valence-electron chi connectivity index (χ0n) is 14.9. The fourth-order valence-electron chi connectivity index (χ4n) is 2.55. The van der Waals surface area contributed by atoms with E-state index in [9.17, 15) is 9.59 Å². The number of carbonyl (C=O) groups excluding carboxylic acids is 1. The molecule has 27 heavy (non-hydrogen) atoms. The lowest BCUT2D eigenvalue weighted by atomic mass is 10.3. The third kappa shape index (κ3) is 5.34. The zero-order valence-corrected chi connectivity index (χ0v) is 16.4. The van der Waals surface area contributed by atoms with E-state index in [1.165, 1.54) is 10.5 Å². The van der Waals surface area contributed by atoms with Crippen molar-refractivity contribution >= 4 is 35.0 Å². The van der Waals surface area contributed by atoms with Crippen molar-refractivity contribution in [3.8, 4) is 0 Å². The van der Waals surface area contributed by atoms with Gasteiger partial charge in [0.1, 0.15) is 12.3 Å². The molecule has 0 aliphatic heterocycles. The van der Waals surface area contributed by atoms with Gasteiger partial charge in [-0.25, -0.2) is 4.98 Å². The lowest BCUT2D eigenvalue weighted by Crippen LogP contribution is -2.17. The molecule has 0 atom stereocenters. The Morgan fingerprint density at radius 2 is 2.04 bits per heavy atom. The Bertz CT molecular complexity index is 1000. The highest BCUT2D eigenvalue weighted by molar-refractivity contribution is 7.99. The number of rotatable bonds is 7. The molecule has 0 bridgehead atoms. The number of aryl methyl sites for hydroxylation is 1. The van der Waals surface area contributed by atoms with Gasteiger partial charge in [0.05, 0.1) is 5.69 Å². The first-order valence-corrected chi connectivity index (χ1v) is 9.91. The molecule has 0 saturated carbocycles. The molecule has 0 aliphatic rings. The normalized spacial score (nSPS) is 10.9. The number of thioether (sulfide) groups is 1. The minimum Gasteiger partial charge on any atom is -0.459 e. The average Bonchev–Trinajstić information content (AvgIpc) is 2.66. The number of fused-ring (bicyclic) bond motifs is 1. The first-order valence-electron chi connectivity index (χ1n) is 8.55. The second-order valence-electron chi connectivity index (χ2n) is 6.04. The maximum atomic E-state index is 12.1. The quantitative estimate of drug-likeness (QED) is 0.335. The maximum Gasteiger partial charge on any atom is 0.306 e. The zero-order chi connectivity index (χ0) is 19.2. The Morgan fingerprint density at radius 1 is 1.26 bits per heavy atom. The molecule has 3 rings (SSSR count). The summed E-state index contributed by atoms with van der Waals surface area (Å²) in [6.45, 7) is 1.89. The average molecular weight is 403 g/mol. The van der Waals surface area contributed by atoms with Gasteiger partial charge >= 0.3 is 5.97 Å². The first-order chi connectivity index (χ1) is 13.0. The summed E-state index contributed by atoms with van der Waals surface area (Å²) >= 11 is 7.52. The Balaban J connectivity index is 1.48. The third-order valence-electron chi connectivity index (χ3n) is 3.93. The summed E-state index contributed by atoms with van der Waals surface area (Å²) in [6.07, 6.45) is 2.71. The molecular weight excluding hydrogens is 384 g/mol. The monoisotopic (exact) mass is 402 g/mol. The van der Waals surface area contributed by atoms with Gasteiger partial charge in [0, 0.05) is 28.6 Å². The topological polar surface area (TPSA) is 60.7 Å². The van der Waals surface area contributed by atoms with E-state index in [0.29, 0.717) is 29.2 Å². The van der Waals surface area contributed by atoms with E-state index < -0.39 is 0 Å². The molecule has 0 spiro atoms. The summed E-state index contributed by atoms with van der Waals surface area (Å²) in [7, 11) is 0. The number of benzene rings is 1. The number of halogens is 1. The van der Waals surface area contributed by atoms with E-state index in [-0.39, 0.29) is 18.1 Å². The van der Waals surface area contributed by atoms with Crippen molar-refractivity contribution in [2.75, 3.05) is 5.75 Å². The standard InChI is InChI=1S/C20H19ClN2O3S/c1-14-4-2-10-23-18(24)12-16(22-20(14)23)13-26-19(25)5-3-11-27-17-8-6-15(21)7-9-17/h2,4,6-10,12H,3,5,11,13H2,1H3. The fraction of sp³-hybridized carbons (Fsp3) is 0.250. The fourth-order valence-corrected chi connectivity index (χ4v) is 3.53. The molecular formula is C20H19ClN2O3S. The second-order valence-corrected chi connectivity index (χ2v) is 7.64. The summed E-state index contributed by atoms with van der Waals surface area (Å²) in [4.78, 5) is 29.6. The van der Waals surface area contributed by atoms with Crippen LogP contribution < -0.4 is 5.56 Å². The molecule has 0 unspecified atom stereocenters. The van der Waals surface area contributed by atoms with Crippen LogP contribution >= 0.6 is 23.4 Å². The first kappa shape index (κ1) is 19.5. The van der Waals surface area contributed by atoms with E-state index >= 15 is 0 Å². The van der Waals surface area contributed by atoms with E-state index in [4.69, 9.17) is 16.3 Å². The van der Waals surface area contributed by atoms with Gasteiger partial charge in [0.25, 0.3) is 5.56 Å². The minimum absolute atomic E-state index is 0.00321. The number of aromatic nitrogens is 2.